The lowest BCUT2D eigenvalue weighted by Crippen LogP contribution is -2.47. The van der Waals surface area contributed by atoms with Crippen molar-refractivity contribution in [2.24, 2.45) is 17.3 Å². The zero-order valence-electron chi connectivity index (χ0n) is 16.4. The molecule has 4 rings (SSSR count). The van der Waals surface area contributed by atoms with E-state index in [-0.39, 0.29) is 46.6 Å². The van der Waals surface area contributed by atoms with Gasteiger partial charge in [-0.2, -0.15) is 0 Å². The van der Waals surface area contributed by atoms with Crippen LogP contribution in [-0.2, 0) is 19.1 Å². The Hall–Kier alpha value is -2.37. The largest absolute Gasteiger partial charge is 0.508 e. The second kappa shape index (κ2) is 6.61. The molecule has 0 radical (unpaired) electrons. The molecule has 3 aliphatic rings. The molecule has 2 fully saturated rings. The molecule has 0 saturated heterocycles. The lowest BCUT2D eigenvalue weighted by molar-refractivity contribution is -0.171. The molecule has 150 valence electrons. The van der Waals surface area contributed by atoms with Crippen LogP contribution >= 0.6 is 0 Å². The van der Waals surface area contributed by atoms with Crippen molar-refractivity contribution in [2.75, 3.05) is 0 Å². The Morgan fingerprint density at radius 2 is 1.89 bits per heavy atom. The average Bonchev–Trinajstić information content (AvgIpc) is 2.87. The summed E-state index contributed by atoms with van der Waals surface area (Å²) in [6.45, 7) is 4.84. The molecule has 3 aliphatic carbocycles. The molecule has 0 bridgehead atoms. The lowest BCUT2D eigenvalue weighted by atomic mass is 9.55. The number of hydrogen-bond acceptors (Lipinski definition) is 6. The van der Waals surface area contributed by atoms with Crippen LogP contribution in [0.15, 0.2) is 18.2 Å². The summed E-state index contributed by atoms with van der Waals surface area (Å²) in [6, 6.07) is 5.07. The highest BCUT2D eigenvalue weighted by atomic mass is 16.6. The van der Waals surface area contributed by atoms with Crippen LogP contribution in [-0.4, -0.2) is 35.0 Å². The number of Topliss-reactive ketones (excluding diaryl/α,β-unsaturated/α-hetero) is 1. The lowest BCUT2D eigenvalue weighted by Gasteiger charge is -2.49. The van der Waals surface area contributed by atoms with Gasteiger partial charge in [0.25, 0.3) is 0 Å². The third-order valence-corrected chi connectivity index (χ3v) is 7.12. The molecule has 0 aromatic heterocycles. The number of aromatic hydroxyl groups is 1. The minimum atomic E-state index is -0.490. The quantitative estimate of drug-likeness (QED) is 0.784. The molecule has 6 heteroatoms. The monoisotopic (exact) mass is 386 g/mol. The first kappa shape index (κ1) is 19.0. The molecule has 0 heterocycles. The Balaban J connectivity index is 1.71. The minimum Gasteiger partial charge on any atom is -0.508 e. The van der Waals surface area contributed by atoms with Crippen LogP contribution < -0.4 is 0 Å². The molecule has 0 spiro atoms. The van der Waals surface area contributed by atoms with Gasteiger partial charge in [0.2, 0.25) is 0 Å². The minimum absolute atomic E-state index is 0.0383. The summed E-state index contributed by atoms with van der Waals surface area (Å²) in [7, 11) is 0. The van der Waals surface area contributed by atoms with Crippen LogP contribution in [0.1, 0.15) is 68.3 Å². The number of ketones is 1. The molecule has 1 N–H and O–H groups in total. The van der Waals surface area contributed by atoms with E-state index in [0.717, 1.165) is 18.4 Å². The highest BCUT2D eigenvalue weighted by molar-refractivity contribution is 5.99. The van der Waals surface area contributed by atoms with Gasteiger partial charge in [0.15, 0.2) is 5.78 Å². The van der Waals surface area contributed by atoms with Crippen molar-refractivity contribution in [1.82, 2.24) is 0 Å². The number of phenolic OH excluding ortho intramolecular Hbond substituents is 1. The molecular weight excluding hydrogens is 360 g/mol. The molecule has 1 aromatic rings. The maximum atomic E-state index is 12.8. The smallest absolute Gasteiger partial charge is 0.303 e. The maximum absolute atomic E-state index is 12.8. The summed E-state index contributed by atoms with van der Waals surface area (Å²) < 4.78 is 11.2. The first-order chi connectivity index (χ1) is 13.2. The zero-order valence-corrected chi connectivity index (χ0v) is 16.4. The number of carbonyl (C=O) groups is 3. The summed E-state index contributed by atoms with van der Waals surface area (Å²) in [5.74, 6) is -0.172. The van der Waals surface area contributed by atoms with Gasteiger partial charge in [-0.3, -0.25) is 14.4 Å². The highest BCUT2D eigenvalue weighted by Crippen LogP contribution is 2.62. The van der Waals surface area contributed by atoms with Crippen molar-refractivity contribution in [2.45, 2.75) is 64.6 Å². The van der Waals surface area contributed by atoms with E-state index in [1.807, 2.05) is 6.07 Å². The van der Waals surface area contributed by atoms with Crippen LogP contribution in [0.25, 0.3) is 0 Å². The van der Waals surface area contributed by atoms with Crippen LogP contribution in [0, 0.1) is 17.3 Å². The summed E-state index contributed by atoms with van der Waals surface area (Å²) in [5, 5.41) is 9.78. The number of ether oxygens (including phenoxy) is 2. The van der Waals surface area contributed by atoms with E-state index < -0.39 is 12.2 Å². The molecule has 28 heavy (non-hydrogen) atoms. The maximum Gasteiger partial charge on any atom is 0.303 e. The fourth-order valence-corrected chi connectivity index (χ4v) is 6.05. The SMILES string of the molecule is CC(=O)O[C@@H]1C[C@H]2[C@@H]3CC(=O)c4cc(O)ccc4[C@H]3CC[C@]2(C)[C@H]1OC(C)=O. The molecule has 1 aromatic carbocycles. The fourth-order valence-electron chi connectivity index (χ4n) is 6.05. The van der Waals surface area contributed by atoms with E-state index >= 15 is 0 Å². The number of carbonyl (C=O) groups excluding carboxylic acids is 3. The number of rotatable bonds is 2. The summed E-state index contributed by atoms with van der Waals surface area (Å²) >= 11 is 0. The Morgan fingerprint density at radius 1 is 1.18 bits per heavy atom. The van der Waals surface area contributed by atoms with Gasteiger partial charge in [-0.1, -0.05) is 13.0 Å². The number of esters is 2. The molecule has 6 nitrogen and oxygen atoms in total. The first-order valence-electron chi connectivity index (χ1n) is 9.91. The van der Waals surface area contributed by atoms with E-state index in [1.165, 1.54) is 13.8 Å². The van der Waals surface area contributed by atoms with Gasteiger partial charge in [-0.15, -0.1) is 0 Å². The summed E-state index contributed by atoms with van der Waals surface area (Å²) in [4.78, 5) is 36.2. The topological polar surface area (TPSA) is 89.9 Å². The van der Waals surface area contributed by atoms with Gasteiger partial charge in [-0.05, 0) is 54.7 Å². The molecule has 0 unspecified atom stereocenters. The molecule has 0 aliphatic heterocycles. The number of benzene rings is 1. The molecular formula is C22H26O6. The standard InChI is InChI=1S/C22H26O6/c1-11(23)27-20-10-18-16-9-19(26)17-8-13(25)4-5-14(17)15(16)6-7-22(18,3)21(20)28-12(2)24/h4-5,8,15-16,18,20-21,25H,6-7,9-10H2,1-3H3/t15-,16-,18+,20-,21+,22+/m1/s1. The van der Waals surface area contributed by atoms with E-state index in [0.29, 0.717) is 18.4 Å². The van der Waals surface area contributed by atoms with Gasteiger partial charge < -0.3 is 14.6 Å². The number of phenols is 1. The summed E-state index contributed by atoms with van der Waals surface area (Å²) in [5.41, 5.74) is 1.29. The van der Waals surface area contributed by atoms with Gasteiger partial charge in [-0.25, -0.2) is 0 Å². The van der Waals surface area contributed by atoms with E-state index in [9.17, 15) is 19.5 Å². The summed E-state index contributed by atoms with van der Waals surface area (Å²) in [6.07, 6.45) is 1.72. The van der Waals surface area contributed by atoms with Crippen molar-refractivity contribution in [3.05, 3.63) is 29.3 Å². The van der Waals surface area contributed by atoms with Gasteiger partial charge in [0, 0.05) is 31.2 Å². The average molecular weight is 386 g/mol. The number of fused-ring (bicyclic) bond motifs is 5. The van der Waals surface area contributed by atoms with Gasteiger partial charge in [0.1, 0.15) is 18.0 Å². The Labute approximate surface area is 164 Å². The Morgan fingerprint density at radius 3 is 2.57 bits per heavy atom. The van der Waals surface area contributed by atoms with Crippen LogP contribution in [0.2, 0.25) is 0 Å². The number of hydrogen-bond donors (Lipinski definition) is 1. The van der Waals surface area contributed by atoms with Crippen molar-refractivity contribution in [3.63, 3.8) is 0 Å². The first-order valence-corrected chi connectivity index (χ1v) is 9.91. The molecule has 0 amide bonds. The van der Waals surface area contributed by atoms with E-state index in [1.54, 1.807) is 12.1 Å². The highest BCUT2D eigenvalue weighted by Gasteiger charge is 2.61. The van der Waals surface area contributed by atoms with Crippen molar-refractivity contribution in [3.8, 4) is 5.75 Å². The van der Waals surface area contributed by atoms with E-state index in [4.69, 9.17) is 9.47 Å². The Kier molecular flexibility index (Phi) is 4.47. The van der Waals surface area contributed by atoms with Crippen molar-refractivity contribution >= 4 is 17.7 Å². The van der Waals surface area contributed by atoms with Crippen LogP contribution in [0.4, 0.5) is 0 Å². The fraction of sp³-hybridized carbons (Fsp3) is 0.591. The Bertz CT molecular complexity index is 845. The van der Waals surface area contributed by atoms with Crippen LogP contribution in [0.3, 0.4) is 0 Å². The molecule has 2 saturated carbocycles. The zero-order chi connectivity index (χ0) is 20.2. The second-order valence-corrected chi connectivity index (χ2v) is 8.73. The predicted octanol–water partition coefficient (Wildman–Crippen LogP) is 3.36. The van der Waals surface area contributed by atoms with Gasteiger partial charge >= 0.3 is 11.9 Å². The predicted molar refractivity (Wildman–Crippen MR) is 99.8 cm³/mol. The van der Waals surface area contributed by atoms with Gasteiger partial charge in [0.05, 0.1) is 0 Å². The van der Waals surface area contributed by atoms with Crippen molar-refractivity contribution < 1.29 is 29.0 Å². The normalized spacial score (nSPS) is 36.1. The third kappa shape index (κ3) is 2.90. The second-order valence-electron chi connectivity index (χ2n) is 8.73. The van der Waals surface area contributed by atoms with Crippen molar-refractivity contribution in [1.29, 1.82) is 0 Å². The van der Waals surface area contributed by atoms with Crippen LogP contribution in [0.5, 0.6) is 5.75 Å². The van der Waals surface area contributed by atoms with E-state index in [2.05, 4.69) is 6.92 Å². The third-order valence-electron chi connectivity index (χ3n) is 7.12. The molecule has 6 atom stereocenters.